The highest BCUT2D eigenvalue weighted by Gasteiger charge is 2.63. The van der Waals surface area contributed by atoms with Crippen molar-refractivity contribution in [2.75, 3.05) is 13.2 Å². The van der Waals surface area contributed by atoms with Crippen LogP contribution in [0.25, 0.3) is 0 Å². The van der Waals surface area contributed by atoms with Gasteiger partial charge >= 0.3 is 5.97 Å². The topological polar surface area (TPSA) is 118 Å². The maximum atomic E-state index is 13.6. The number of Topliss-reactive ketones (excluding diaryl/α,β-unsaturated/α-hetero) is 1. The Morgan fingerprint density at radius 1 is 0.762 bits per heavy atom. The molecular formula is C32H35ClN2O7. The highest BCUT2D eigenvalue weighted by molar-refractivity contribution is 6.30. The molecule has 42 heavy (non-hydrogen) atoms. The molecule has 0 spiro atoms. The Labute approximate surface area is 249 Å². The quantitative estimate of drug-likeness (QED) is 0.175. The third-order valence-corrected chi connectivity index (χ3v) is 11.4. The molecule has 0 radical (unpaired) electrons. The van der Waals surface area contributed by atoms with Gasteiger partial charge in [0, 0.05) is 17.1 Å². The van der Waals surface area contributed by atoms with Crippen molar-refractivity contribution in [2.45, 2.75) is 63.8 Å². The van der Waals surface area contributed by atoms with Crippen LogP contribution in [0.4, 0.5) is 0 Å². The molecule has 2 heterocycles. The molecule has 4 amide bonds. The number of carbonyl (C=O) groups excluding carboxylic acids is 6. The van der Waals surface area contributed by atoms with Crippen LogP contribution in [0.3, 0.4) is 0 Å². The Kier molecular flexibility index (Phi) is 6.99. The molecule has 1 aromatic rings. The summed E-state index contributed by atoms with van der Waals surface area (Å²) in [5.41, 5.74) is 0.335. The molecule has 2 aliphatic heterocycles. The van der Waals surface area contributed by atoms with E-state index in [1.54, 1.807) is 24.3 Å². The number of fused-ring (bicyclic) bond motifs is 10. The van der Waals surface area contributed by atoms with Gasteiger partial charge in [0.25, 0.3) is 0 Å². The van der Waals surface area contributed by atoms with Gasteiger partial charge in [0.2, 0.25) is 23.6 Å². The zero-order valence-corrected chi connectivity index (χ0v) is 24.2. The van der Waals surface area contributed by atoms with E-state index >= 15 is 0 Å². The number of imide groups is 2. The molecular weight excluding hydrogens is 560 g/mol. The van der Waals surface area contributed by atoms with Crippen molar-refractivity contribution in [3.8, 4) is 0 Å². The average Bonchev–Trinajstić information content (AvgIpc) is 3.83. The number of amides is 4. The van der Waals surface area contributed by atoms with E-state index in [1.165, 1.54) is 4.90 Å². The lowest BCUT2D eigenvalue weighted by molar-refractivity contribution is -0.159. The second-order valence-electron chi connectivity index (χ2n) is 13.2. The van der Waals surface area contributed by atoms with Crippen LogP contribution in [-0.4, -0.2) is 64.4 Å². The average molecular weight is 595 g/mol. The lowest BCUT2D eigenvalue weighted by Gasteiger charge is -2.26. The van der Waals surface area contributed by atoms with Crippen LogP contribution in [-0.2, 0) is 28.7 Å². The van der Waals surface area contributed by atoms with Crippen molar-refractivity contribution in [3.05, 3.63) is 34.9 Å². The fourth-order valence-corrected chi connectivity index (χ4v) is 9.47. The lowest BCUT2D eigenvalue weighted by Crippen LogP contribution is -2.47. The molecule has 9 nitrogen and oxygen atoms in total. The molecule has 9 atom stereocenters. The van der Waals surface area contributed by atoms with Crippen LogP contribution in [0, 0.1) is 47.3 Å². The molecule has 4 saturated carbocycles. The Hall–Kier alpha value is -3.07. The van der Waals surface area contributed by atoms with Crippen LogP contribution in [0.15, 0.2) is 24.3 Å². The highest BCUT2D eigenvalue weighted by Crippen LogP contribution is 2.57. The number of unbranched alkanes of at least 4 members (excludes halogenated alkanes) is 1. The number of nitrogens with zero attached hydrogens (tertiary/aromatic N) is 2. The molecule has 6 aliphatic rings. The molecule has 0 N–H and O–H groups in total. The number of hydrogen-bond acceptors (Lipinski definition) is 7. The summed E-state index contributed by atoms with van der Waals surface area (Å²) in [6, 6.07) is 5.08. The minimum atomic E-state index is -1.15. The molecule has 4 bridgehead atoms. The maximum absolute atomic E-state index is 13.6. The molecule has 4 aliphatic carbocycles. The van der Waals surface area contributed by atoms with E-state index in [-0.39, 0.29) is 72.1 Å². The first-order chi connectivity index (χ1) is 20.2. The molecule has 222 valence electrons. The van der Waals surface area contributed by atoms with Gasteiger partial charge in [-0.15, -0.1) is 0 Å². The smallest absolute Gasteiger partial charge is 0.329 e. The molecule has 2 saturated heterocycles. The lowest BCUT2D eigenvalue weighted by atomic mass is 9.81. The minimum Gasteiger partial charge on any atom is -0.456 e. The molecule has 1 aromatic carbocycles. The van der Waals surface area contributed by atoms with Crippen molar-refractivity contribution in [1.29, 1.82) is 0 Å². The van der Waals surface area contributed by atoms with Crippen molar-refractivity contribution < 1.29 is 33.5 Å². The Morgan fingerprint density at radius 2 is 1.26 bits per heavy atom. The van der Waals surface area contributed by atoms with Gasteiger partial charge in [-0.1, -0.05) is 11.6 Å². The number of rotatable bonds is 10. The zero-order valence-electron chi connectivity index (χ0n) is 23.4. The van der Waals surface area contributed by atoms with E-state index in [4.69, 9.17) is 16.3 Å². The van der Waals surface area contributed by atoms with Crippen LogP contribution in [0.2, 0.25) is 5.02 Å². The van der Waals surface area contributed by atoms with Gasteiger partial charge in [0.1, 0.15) is 6.04 Å². The minimum absolute atomic E-state index is 0.0675. The number of hydrogen-bond donors (Lipinski definition) is 0. The van der Waals surface area contributed by atoms with E-state index in [0.29, 0.717) is 35.3 Å². The second kappa shape index (κ2) is 10.6. The van der Waals surface area contributed by atoms with Crippen LogP contribution < -0.4 is 0 Å². The van der Waals surface area contributed by atoms with E-state index in [9.17, 15) is 28.8 Å². The van der Waals surface area contributed by atoms with Gasteiger partial charge in [-0.25, -0.2) is 4.79 Å². The first-order valence-electron chi connectivity index (χ1n) is 15.4. The van der Waals surface area contributed by atoms with E-state index in [2.05, 4.69) is 0 Å². The van der Waals surface area contributed by atoms with Gasteiger partial charge in [-0.3, -0.25) is 33.8 Å². The summed E-state index contributed by atoms with van der Waals surface area (Å²) in [5, 5.41) is 0.474. The van der Waals surface area contributed by atoms with E-state index in [0.717, 1.165) is 43.4 Å². The molecule has 0 aromatic heterocycles. The fraction of sp³-hybridized carbons (Fsp3) is 0.625. The SMILES string of the molecule is O=C(COC(=O)[C@@H](CCCCN1C(=O)[C@H]2[C@@H]3CC[C@@H](C3)[C@@H]2C1=O)N1C(=O)[C@@H]2[C@@H]3CC[C@@H](C3)[C@@H]2C1=O)c1ccc(Cl)cc1. The first-order valence-corrected chi connectivity index (χ1v) is 15.8. The number of carbonyl (C=O) groups is 6. The third kappa shape index (κ3) is 4.33. The van der Waals surface area contributed by atoms with Gasteiger partial charge in [-0.2, -0.15) is 0 Å². The maximum Gasteiger partial charge on any atom is 0.329 e. The van der Waals surface area contributed by atoms with Gasteiger partial charge < -0.3 is 4.74 Å². The number of halogens is 1. The predicted octanol–water partition coefficient (Wildman–Crippen LogP) is 3.67. The van der Waals surface area contributed by atoms with Crippen LogP contribution in [0.5, 0.6) is 0 Å². The largest absolute Gasteiger partial charge is 0.456 e. The van der Waals surface area contributed by atoms with E-state index in [1.807, 2.05) is 0 Å². The normalized spacial score (nSPS) is 34.9. The number of likely N-dealkylation sites (tertiary alicyclic amines) is 2. The summed E-state index contributed by atoms with van der Waals surface area (Å²) in [6.07, 6.45) is 6.75. The van der Waals surface area contributed by atoms with Crippen LogP contribution >= 0.6 is 11.6 Å². The van der Waals surface area contributed by atoms with Gasteiger partial charge in [0.05, 0.1) is 23.7 Å². The summed E-state index contributed by atoms with van der Waals surface area (Å²) in [7, 11) is 0. The van der Waals surface area contributed by atoms with Crippen LogP contribution in [0.1, 0.15) is 68.1 Å². The van der Waals surface area contributed by atoms with Crippen molar-refractivity contribution >= 4 is 47.0 Å². The summed E-state index contributed by atoms with van der Waals surface area (Å²) in [4.78, 5) is 81.8. The molecule has 6 fully saturated rings. The third-order valence-electron chi connectivity index (χ3n) is 11.2. The van der Waals surface area contributed by atoms with Crippen molar-refractivity contribution in [3.63, 3.8) is 0 Å². The van der Waals surface area contributed by atoms with Crippen molar-refractivity contribution in [2.24, 2.45) is 47.3 Å². The Morgan fingerprint density at radius 3 is 1.79 bits per heavy atom. The van der Waals surface area contributed by atoms with Gasteiger partial charge in [-0.05, 0) is 106 Å². The summed E-state index contributed by atoms with van der Waals surface area (Å²) in [6.45, 7) is -0.259. The molecule has 10 heteroatoms. The monoisotopic (exact) mass is 594 g/mol. The summed E-state index contributed by atoms with van der Waals surface area (Å²) in [5.74, 6) is -2.08. The molecule has 7 rings (SSSR count). The number of benzene rings is 1. The fourth-order valence-electron chi connectivity index (χ4n) is 9.34. The zero-order chi connectivity index (χ0) is 29.3. The summed E-state index contributed by atoms with van der Waals surface area (Å²) >= 11 is 5.90. The van der Waals surface area contributed by atoms with Crippen molar-refractivity contribution in [1.82, 2.24) is 9.80 Å². The number of esters is 1. The number of ketones is 1. The standard InChI is InChI=1S/C32H35ClN2O7/c33-21-10-8-16(9-11-21)23(36)15-42-32(41)22(35-30(39)26-19-6-7-20(14-19)27(26)31(35)40)3-1-2-12-34-28(37)24-17-4-5-18(13-17)25(24)29(34)38/h8-11,17-20,22,24-27H,1-7,12-15H2/t17-,18+,19-,20+,22-,24+,25+,26-,27+/m1/s1. The first kappa shape index (κ1) is 27.7. The highest BCUT2D eigenvalue weighted by atomic mass is 35.5. The Balaban J connectivity index is 1.02. The number of ether oxygens (including phenoxy) is 1. The van der Waals surface area contributed by atoms with E-state index < -0.39 is 24.4 Å². The summed E-state index contributed by atoms with van der Waals surface area (Å²) < 4.78 is 5.41. The second-order valence-corrected chi connectivity index (χ2v) is 13.6. The molecule has 0 unspecified atom stereocenters. The predicted molar refractivity (Wildman–Crippen MR) is 149 cm³/mol. The van der Waals surface area contributed by atoms with Gasteiger partial charge in [0.15, 0.2) is 12.4 Å². The Bertz CT molecular complexity index is 1300.